The van der Waals surface area contributed by atoms with E-state index in [-0.39, 0.29) is 17.5 Å². The highest BCUT2D eigenvalue weighted by Gasteiger charge is 2.44. The fourth-order valence-corrected chi connectivity index (χ4v) is 3.35. The Morgan fingerprint density at radius 2 is 1.96 bits per heavy atom. The molecule has 4 atom stereocenters. The summed E-state index contributed by atoms with van der Waals surface area (Å²) in [4.78, 5) is 16.0. The molecule has 1 saturated heterocycles. The van der Waals surface area contributed by atoms with E-state index in [1.807, 2.05) is 0 Å². The summed E-state index contributed by atoms with van der Waals surface area (Å²) in [6.07, 6.45) is -3.38. The molecule has 2 rings (SSSR count). The van der Waals surface area contributed by atoms with Crippen LogP contribution in [0, 0.1) is 0 Å². The van der Waals surface area contributed by atoms with Gasteiger partial charge in [0, 0.05) is 11.8 Å². The van der Waals surface area contributed by atoms with Gasteiger partial charge >= 0.3 is 5.69 Å². The molecule has 26 heavy (non-hydrogen) atoms. The van der Waals surface area contributed by atoms with Gasteiger partial charge in [-0.25, -0.2) is 4.79 Å². The summed E-state index contributed by atoms with van der Waals surface area (Å²) in [5.41, 5.74) is 5.64. The lowest BCUT2D eigenvalue weighted by molar-refractivity contribution is -0.0551. The molecule has 0 amide bonds. The average molecular weight is 388 g/mol. The minimum absolute atomic E-state index is 0.00680. The zero-order valence-corrected chi connectivity index (χ0v) is 16.8. The molecular weight excluding hydrogens is 358 g/mol. The zero-order valence-electron chi connectivity index (χ0n) is 15.8. The third-order valence-corrected chi connectivity index (χ3v) is 9.73. The standard InChI is InChI=1S/C16H29N3O6Si/c1-16(2,3)26(4,5)24-8-9-6-19(15(23)18-13(9)17)14-12(22)11(21)10(7-20)25-14/h6,10-12,14,20-22H,7-8H2,1-5H3,(H2,17,18,23)/t10-,11+,12+,14-/m1/s1. The maximum Gasteiger partial charge on any atom is 0.351 e. The molecule has 1 aliphatic rings. The molecule has 0 radical (unpaired) electrons. The molecule has 0 unspecified atom stereocenters. The number of hydrogen-bond donors (Lipinski definition) is 4. The maximum atomic E-state index is 12.2. The fourth-order valence-electron chi connectivity index (χ4n) is 2.40. The van der Waals surface area contributed by atoms with Gasteiger partial charge in [0.1, 0.15) is 24.1 Å². The van der Waals surface area contributed by atoms with Crippen molar-refractivity contribution in [2.75, 3.05) is 12.3 Å². The Bertz CT molecular complexity index is 702. The number of anilines is 1. The van der Waals surface area contributed by atoms with Crippen molar-refractivity contribution in [3.8, 4) is 0 Å². The van der Waals surface area contributed by atoms with Gasteiger partial charge in [-0.3, -0.25) is 4.57 Å². The first-order chi connectivity index (χ1) is 11.9. The van der Waals surface area contributed by atoms with Crippen LogP contribution in [0.2, 0.25) is 18.1 Å². The second-order valence-corrected chi connectivity index (χ2v) is 12.9. The molecule has 5 N–H and O–H groups in total. The molecule has 148 valence electrons. The minimum atomic E-state index is -2.04. The Balaban J connectivity index is 2.29. The van der Waals surface area contributed by atoms with Gasteiger partial charge in [-0.1, -0.05) is 20.8 Å². The molecule has 1 aromatic heterocycles. The van der Waals surface area contributed by atoms with Crippen molar-refractivity contribution in [2.24, 2.45) is 0 Å². The van der Waals surface area contributed by atoms with E-state index in [1.54, 1.807) is 0 Å². The van der Waals surface area contributed by atoms with Crippen molar-refractivity contribution < 1.29 is 24.5 Å². The number of nitrogens with two attached hydrogens (primary N) is 1. The summed E-state index contributed by atoms with van der Waals surface area (Å²) in [5.74, 6) is 0.0525. The number of aromatic nitrogens is 2. The summed E-state index contributed by atoms with van der Waals surface area (Å²) in [6.45, 7) is 10.2. The number of ether oxygens (including phenoxy) is 1. The van der Waals surface area contributed by atoms with Crippen molar-refractivity contribution in [1.29, 1.82) is 0 Å². The van der Waals surface area contributed by atoms with Gasteiger partial charge in [0.15, 0.2) is 14.5 Å². The molecule has 2 heterocycles. The molecule has 0 bridgehead atoms. The highest BCUT2D eigenvalue weighted by atomic mass is 28.4. The maximum absolute atomic E-state index is 12.2. The molecule has 1 aliphatic heterocycles. The van der Waals surface area contributed by atoms with Crippen molar-refractivity contribution in [3.63, 3.8) is 0 Å². The van der Waals surface area contributed by atoms with E-state index in [4.69, 9.17) is 14.9 Å². The molecule has 0 saturated carbocycles. The van der Waals surface area contributed by atoms with Crippen molar-refractivity contribution in [3.05, 3.63) is 22.2 Å². The Labute approximate surface area is 153 Å². The van der Waals surface area contributed by atoms with Gasteiger partial charge in [0.25, 0.3) is 0 Å². The van der Waals surface area contributed by atoms with E-state index in [0.717, 1.165) is 4.57 Å². The molecule has 1 fully saturated rings. The van der Waals surface area contributed by atoms with Crippen molar-refractivity contribution >= 4 is 14.1 Å². The van der Waals surface area contributed by atoms with Crippen LogP contribution in [-0.4, -0.2) is 58.1 Å². The Kier molecular flexibility index (Phi) is 5.95. The van der Waals surface area contributed by atoms with E-state index < -0.39 is 45.2 Å². The van der Waals surface area contributed by atoms with E-state index in [0.29, 0.717) is 5.56 Å². The van der Waals surface area contributed by atoms with Gasteiger partial charge < -0.3 is 30.2 Å². The number of nitrogens with zero attached hydrogens (tertiary/aromatic N) is 2. The lowest BCUT2D eigenvalue weighted by atomic mass is 10.1. The summed E-state index contributed by atoms with van der Waals surface area (Å²) in [5, 5.41) is 29.2. The number of rotatable bonds is 5. The minimum Gasteiger partial charge on any atom is -0.412 e. The van der Waals surface area contributed by atoms with Crippen LogP contribution in [0.1, 0.15) is 32.6 Å². The molecule has 0 aromatic carbocycles. The molecule has 0 aliphatic carbocycles. The first-order valence-electron chi connectivity index (χ1n) is 8.53. The van der Waals surface area contributed by atoms with E-state index in [1.165, 1.54) is 6.20 Å². The van der Waals surface area contributed by atoms with E-state index in [2.05, 4.69) is 38.8 Å². The van der Waals surface area contributed by atoms with Crippen LogP contribution in [0.15, 0.2) is 11.0 Å². The second kappa shape index (κ2) is 7.37. The van der Waals surface area contributed by atoms with Crippen LogP contribution < -0.4 is 11.4 Å². The molecule has 9 nitrogen and oxygen atoms in total. The topological polar surface area (TPSA) is 140 Å². The molecule has 0 spiro atoms. The predicted molar refractivity (Wildman–Crippen MR) is 97.9 cm³/mol. The lowest BCUT2D eigenvalue weighted by Gasteiger charge is -2.36. The third-order valence-electron chi connectivity index (χ3n) is 5.25. The van der Waals surface area contributed by atoms with Gasteiger partial charge in [0.05, 0.1) is 13.2 Å². The van der Waals surface area contributed by atoms with Crippen LogP contribution in [0.25, 0.3) is 0 Å². The summed E-state index contributed by atoms with van der Waals surface area (Å²) < 4.78 is 12.6. The average Bonchev–Trinajstić information content (AvgIpc) is 2.81. The Hall–Kier alpha value is -1.30. The predicted octanol–water partition coefficient (Wildman–Crippen LogP) is -0.0412. The van der Waals surface area contributed by atoms with Crippen LogP contribution in [0.4, 0.5) is 5.82 Å². The van der Waals surface area contributed by atoms with E-state index in [9.17, 15) is 20.1 Å². The quantitative estimate of drug-likeness (QED) is 0.516. The molecule has 10 heteroatoms. The number of hydrogen-bond acceptors (Lipinski definition) is 8. The lowest BCUT2D eigenvalue weighted by Crippen LogP contribution is -2.41. The first kappa shape index (κ1) is 21.0. The Morgan fingerprint density at radius 1 is 1.35 bits per heavy atom. The summed E-state index contributed by atoms with van der Waals surface area (Å²) >= 11 is 0. The molecule has 1 aromatic rings. The highest BCUT2D eigenvalue weighted by molar-refractivity contribution is 6.74. The third kappa shape index (κ3) is 4.00. The highest BCUT2D eigenvalue weighted by Crippen LogP contribution is 2.37. The van der Waals surface area contributed by atoms with Gasteiger partial charge in [-0.15, -0.1) is 0 Å². The van der Waals surface area contributed by atoms with Crippen LogP contribution in [-0.2, 0) is 15.8 Å². The molecular formula is C16H29N3O6Si. The first-order valence-corrected chi connectivity index (χ1v) is 11.4. The smallest absolute Gasteiger partial charge is 0.351 e. The van der Waals surface area contributed by atoms with Gasteiger partial charge in [0.2, 0.25) is 0 Å². The Morgan fingerprint density at radius 3 is 2.46 bits per heavy atom. The number of aliphatic hydroxyl groups is 3. The van der Waals surface area contributed by atoms with Gasteiger partial charge in [-0.05, 0) is 18.1 Å². The van der Waals surface area contributed by atoms with Crippen LogP contribution >= 0.6 is 0 Å². The van der Waals surface area contributed by atoms with Crippen LogP contribution in [0.3, 0.4) is 0 Å². The monoisotopic (exact) mass is 387 g/mol. The van der Waals surface area contributed by atoms with E-state index >= 15 is 0 Å². The number of aliphatic hydroxyl groups excluding tert-OH is 3. The van der Waals surface area contributed by atoms with Gasteiger partial charge in [-0.2, -0.15) is 4.98 Å². The van der Waals surface area contributed by atoms with Crippen molar-refractivity contribution in [1.82, 2.24) is 9.55 Å². The normalized spacial score (nSPS) is 27.1. The summed E-state index contributed by atoms with van der Waals surface area (Å²) in [6, 6.07) is 0. The second-order valence-electron chi connectivity index (χ2n) is 8.12. The largest absolute Gasteiger partial charge is 0.412 e. The number of nitrogen functional groups attached to an aromatic ring is 1. The van der Waals surface area contributed by atoms with Crippen molar-refractivity contribution in [2.45, 2.75) is 70.1 Å². The van der Waals surface area contributed by atoms with Crippen LogP contribution in [0.5, 0.6) is 0 Å². The fraction of sp³-hybridized carbons (Fsp3) is 0.750. The zero-order chi connectivity index (χ0) is 19.9. The SMILES string of the molecule is CC(C)(C)[Si](C)(C)OCc1cn([C@@H]2O[C@H](CO)[C@H](O)[C@@H]2O)c(=O)nc1N. The summed E-state index contributed by atoms with van der Waals surface area (Å²) in [7, 11) is -2.04.